The molecule has 0 aromatic rings. The summed E-state index contributed by atoms with van der Waals surface area (Å²) in [5, 5.41) is 23.5. The maximum Gasteiger partial charge on any atom is 0.397 e. The zero-order valence-corrected chi connectivity index (χ0v) is 27.0. The third-order valence-corrected chi connectivity index (χ3v) is 12.4. The number of rotatable bonds is 8. The van der Waals surface area contributed by atoms with Gasteiger partial charge in [-0.2, -0.15) is 8.42 Å². The highest BCUT2D eigenvalue weighted by molar-refractivity contribution is 7.80. The molecule has 2 fully saturated rings. The number of esters is 1. The Morgan fingerprint density at radius 1 is 1.07 bits per heavy atom. The number of aliphatic hydroxyl groups is 2. The summed E-state index contributed by atoms with van der Waals surface area (Å²) in [4.78, 5) is 12.5. The maximum absolute atomic E-state index is 12.5. The lowest BCUT2D eigenvalue weighted by atomic mass is 9.44. The minimum atomic E-state index is -4.78. The van der Waals surface area contributed by atoms with Gasteiger partial charge >= 0.3 is 16.4 Å². The van der Waals surface area contributed by atoms with E-state index in [1.165, 1.54) is 18.1 Å². The second kappa shape index (κ2) is 11.0. The molecule has 1 unspecified atom stereocenters. The van der Waals surface area contributed by atoms with Gasteiger partial charge in [0.05, 0.1) is 6.10 Å². The molecule has 3 N–H and O–H groups in total. The highest BCUT2D eigenvalue weighted by Crippen LogP contribution is 2.68. The summed E-state index contributed by atoms with van der Waals surface area (Å²) in [7, 11) is -4.78. The number of hydrogen-bond acceptors (Lipinski definition) is 7. The molecular formula is C32H52O8S. The van der Waals surface area contributed by atoms with E-state index in [9.17, 15) is 28.0 Å². The number of hydrogen-bond donors (Lipinski definition) is 3. The Hall–Kier alpha value is -1.26. The van der Waals surface area contributed by atoms with Crippen LogP contribution in [0.2, 0.25) is 0 Å². The van der Waals surface area contributed by atoms with Crippen molar-refractivity contribution in [3.8, 4) is 0 Å². The fraction of sp³-hybridized carbons (Fsp3) is 0.844. The van der Waals surface area contributed by atoms with Crippen LogP contribution in [0.4, 0.5) is 0 Å². The topological polar surface area (TPSA) is 130 Å². The average molecular weight is 597 g/mol. The van der Waals surface area contributed by atoms with E-state index in [4.69, 9.17) is 8.92 Å². The van der Waals surface area contributed by atoms with Gasteiger partial charge in [0.2, 0.25) is 0 Å². The lowest BCUT2D eigenvalue weighted by molar-refractivity contribution is -0.183. The van der Waals surface area contributed by atoms with Crippen LogP contribution in [0.1, 0.15) is 100 Å². The fourth-order valence-electron chi connectivity index (χ4n) is 10.0. The first kappa shape index (κ1) is 32.6. The summed E-state index contributed by atoms with van der Waals surface area (Å²) in [6.07, 6.45) is 1.46. The molecule has 9 heteroatoms. The molecule has 0 radical (unpaired) electrons. The first-order valence-electron chi connectivity index (χ1n) is 15.4. The van der Waals surface area contributed by atoms with Crippen molar-refractivity contribution in [2.24, 2.45) is 45.8 Å². The van der Waals surface area contributed by atoms with E-state index in [2.05, 4.69) is 34.3 Å². The minimum Gasteiger partial charge on any atom is -0.459 e. The average Bonchev–Trinajstić information content (AvgIpc) is 3.19. The van der Waals surface area contributed by atoms with Crippen LogP contribution in [0.15, 0.2) is 23.3 Å². The molecule has 4 rings (SSSR count). The largest absolute Gasteiger partial charge is 0.459 e. The van der Waals surface area contributed by atoms with E-state index in [1.54, 1.807) is 0 Å². The Kier molecular flexibility index (Phi) is 8.78. The molecule has 41 heavy (non-hydrogen) atoms. The molecule has 0 spiro atoms. The molecule has 0 heterocycles. The molecule has 0 amide bonds. The second-order valence-electron chi connectivity index (χ2n) is 14.9. The van der Waals surface area contributed by atoms with Crippen LogP contribution in [-0.2, 0) is 24.1 Å². The van der Waals surface area contributed by atoms with Crippen molar-refractivity contribution in [2.75, 3.05) is 0 Å². The molecule has 234 valence electrons. The van der Waals surface area contributed by atoms with Crippen molar-refractivity contribution in [3.63, 3.8) is 0 Å². The van der Waals surface area contributed by atoms with Crippen molar-refractivity contribution < 1.29 is 36.9 Å². The number of ether oxygens (including phenoxy) is 1. The van der Waals surface area contributed by atoms with Crippen molar-refractivity contribution in [2.45, 2.75) is 125 Å². The van der Waals surface area contributed by atoms with Crippen molar-refractivity contribution >= 4 is 16.4 Å². The summed E-state index contributed by atoms with van der Waals surface area (Å²) in [5.41, 5.74) is 1.37. The maximum atomic E-state index is 12.5. The van der Waals surface area contributed by atoms with Crippen molar-refractivity contribution in [3.05, 3.63) is 23.3 Å². The number of carbonyl (C=O) groups is 1. The first-order valence-corrected chi connectivity index (χ1v) is 16.7. The van der Waals surface area contributed by atoms with Crippen LogP contribution in [0.25, 0.3) is 0 Å². The number of fused-ring (bicyclic) bond motifs is 4. The molecule has 0 aromatic carbocycles. The first-order chi connectivity index (χ1) is 18.8. The van der Waals surface area contributed by atoms with E-state index in [0.717, 1.165) is 44.1 Å². The molecule has 0 aliphatic heterocycles. The van der Waals surface area contributed by atoms with Gasteiger partial charge in [-0.25, -0.2) is 4.18 Å². The van der Waals surface area contributed by atoms with E-state index >= 15 is 0 Å². The summed E-state index contributed by atoms with van der Waals surface area (Å²) in [6.45, 7) is 20.2. The molecule has 2 saturated carbocycles. The van der Waals surface area contributed by atoms with E-state index in [-0.39, 0.29) is 24.2 Å². The molecule has 0 bridgehead atoms. The van der Waals surface area contributed by atoms with Gasteiger partial charge in [-0.1, -0.05) is 66.2 Å². The van der Waals surface area contributed by atoms with Gasteiger partial charge in [-0.05, 0) is 90.9 Å². The Morgan fingerprint density at radius 2 is 1.71 bits per heavy atom. The summed E-state index contributed by atoms with van der Waals surface area (Å²) in [5.74, 6) is 0.615. The van der Waals surface area contributed by atoms with Gasteiger partial charge in [0.25, 0.3) is 0 Å². The van der Waals surface area contributed by atoms with Gasteiger partial charge in [0.1, 0.15) is 18.3 Å². The van der Waals surface area contributed by atoms with Gasteiger partial charge in [0.15, 0.2) is 0 Å². The molecular weight excluding hydrogens is 544 g/mol. The van der Waals surface area contributed by atoms with Crippen LogP contribution >= 0.6 is 0 Å². The standard InChI is InChI=1S/C32H52O8S/c1-17(2)18(3)10-11-19(4)22-13-14-23-21-12-15-25-30(6,7)28(40-41(36,37)38)24(34)16-31(25,8)26(21)27(35)29(32(22,23)9)39-20(5)33/h17,19,22-25,27-29,34-35H,3,10-16H2,1-2,4-9H3,(H,36,37,38)/t19-,22-,23?,24-,25+,27-,28+,29+,31+,32-/m1/s1. The van der Waals surface area contributed by atoms with Crippen LogP contribution in [-0.4, -0.2) is 53.6 Å². The highest BCUT2D eigenvalue weighted by Gasteiger charge is 2.67. The molecule has 4 aliphatic rings. The predicted octanol–water partition coefficient (Wildman–Crippen LogP) is 5.65. The van der Waals surface area contributed by atoms with Gasteiger partial charge < -0.3 is 14.9 Å². The van der Waals surface area contributed by atoms with Crippen LogP contribution in [0, 0.1) is 45.8 Å². The normalized spacial score (nSPS) is 40.9. The van der Waals surface area contributed by atoms with Crippen LogP contribution in [0.3, 0.4) is 0 Å². The lowest BCUT2D eigenvalue weighted by Crippen LogP contribution is -2.64. The zero-order chi connectivity index (χ0) is 30.9. The van der Waals surface area contributed by atoms with Gasteiger partial charge in [-0.3, -0.25) is 9.35 Å². The Labute approximate surface area is 246 Å². The lowest BCUT2D eigenvalue weighted by Gasteiger charge is -2.63. The fourth-order valence-corrected chi connectivity index (χ4v) is 10.7. The molecule has 8 nitrogen and oxygen atoms in total. The highest BCUT2D eigenvalue weighted by atomic mass is 32.3. The van der Waals surface area contributed by atoms with Gasteiger partial charge in [0, 0.05) is 12.3 Å². The predicted molar refractivity (Wildman–Crippen MR) is 157 cm³/mol. The quantitative estimate of drug-likeness (QED) is 0.186. The SMILES string of the molecule is C=C(CC[C@@H](C)[C@H]1CCC2C3=C([C@@H](O)[C@H](OC(C)=O)[C@@]21C)[C@@]1(C)C[C@@H](O)[C@H](OS(=O)(=O)O)C(C)(C)[C@@H]1CC3)C(C)C. The summed E-state index contributed by atoms with van der Waals surface area (Å²) in [6, 6.07) is 0. The number of aliphatic hydroxyl groups excluding tert-OH is 2. The smallest absolute Gasteiger partial charge is 0.397 e. The summed E-state index contributed by atoms with van der Waals surface area (Å²) < 4.78 is 43.9. The third-order valence-electron chi connectivity index (χ3n) is 11.9. The molecule has 10 atom stereocenters. The molecule has 0 saturated heterocycles. The monoisotopic (exact) mass is 596 g/mol. The van der Waals surface area contributed by atoms with Crippen LogP contribution < -0.4 is 0 Å². The van der Waals surface area contributed by atoms with E-state index < -0.39 is 57.0 Å². The Morgan fingerprint density at radius 3 is 2.27 bits per heavy atom. The number of carbonyl (C=O) groups excluding carboxylic acids is 1. The van der Waals surface area contributed by atoms with Crippen molar-refractivity contribution in [1.29, 1.82) is 0 Å². The third kappa shape index (κ3) is 5.47. The zero-order valence-electron chi connectivity index (χ0n) is 26.1. The minimum absolute atomic E-state index is 0.135. The van der Waals surface area contributed by atoms with E-state index in [0.29, 0.717) is 11.8 Å². The summed E-state index contributed by atoms with van der Waals surface area (Å²) >= 11 is 0. The molecule has 0 aromatic heterocycles. The van der Waals surface area contributed by atoms with E-state index in [1.807, 2.05) is 20.8 Å². The number of allylic oxidation sites excluding steroid dienone is 2. The Bertz CT molecular complexity index is 1190. The van der Waals surface area contributed by atoms with Gasteiger partial charge in [-0.15, -0.1) is 0 Å². The van der Waals surface area contributed by atoms with Crippen LogP contribution in [0.5, 0.6) is 0 Å². The Balaban J connectivity index is 1.76. The molecule has 4 aliphatic carbocycles. The second-order valence-corrected chi connectivity index (χ2v) is 15.9. The van der Waals surface area contributed by atoms with Crippen molar-refractivity contribution in [1.82, 2.24) is 0 Å².